The minimum Gasteiger partial charge on any atom is -0.491 e. The Kier molecular flexibility index (Phi) is 16.3. The van der Waals surface area contributed by atoms with Crippen molar-refractivity contribution in [3.63, 3.8) is 0 Å². The minimum atomic E-state index is -0.953. The topological polar surface area (TPSA) is 155 Å². The van der Waals surface area contributed by atoms with Gasteiger partial charge in [-0.25, -0.2) is 9.78 Å². The summed E-state index contributed by atoms with van der Waals surface area (Å²) in [6.07, 6.45) is 3.87. The van der Waals surface area contributed by atoms with E-state index in [2.05, 4.69) is 32.6 Å². The number of nitrogens with one attached hydrogen (secondary N) is 3. The van der Waals surface area contributed by atoms with Crippen LogP contribution in [0, 0.1) is 0 Å². The second-order valence-corrected chi connectivity index (χ2v) is 11.0. The molecule has 0 spiro atoms. The van der Waals surface area contributed by atoms with Crippen LogP contribution in [-0.4, -0.2) is 60.1 Å². The van der Waals surface area contributed by atoms with Crippen molar-refractivity contribution in [3.8, 4) is 5.75 Å². The van der Waals surface area contributed by atoms with Crippen LogP contribution in [0.25, 0.3) is 0 Å². The fourth-order valence-corrected chi connectivity index (χ4v) is 4.93. The smallest absolute Gasteiger partial charge is 0.243 e. The molecule has 3 aromatic carbocycles. The van der Waals surface area contributed by atoms with E-state index in [-0.39, 0.29) is 50.9 Å². The lowest BCUT2D eigenvalue weighted by molar-refractivity contribution is -0.253. The van der Waals surface area contributed by atoms with Gasteiger partial charge in [0.15, 0.2) is 0 Å². The van der Waals surface area contributed by atoms with Crippen molar-refractivity contribution >= 4 is 17.7 Å². The highest BCUT2D eigenvalue weighted by Gasteiger charge is 2.27. The maximum absolute atomic E-state index is 13.8. The zero-order chi connectivity index (χ0) is 33.0. The summed E-state index contributed by atoms with van der Waals surface area (Å²) < 4.78 is 5.59. The van der Waals surface area contributed by atoms with Crippen molar-refractivity contribution in [3.05, 3.63) is 101 Å². The highest BCUT2D eigenvalue weighted by atomic mass is 17.1. The van der Waals surface area contributed by atoms with Crippen LogP contribution >= 0.6 is 0 Å². The molecule has 3 rings (SSSR count). The van der Waals surface area contributed by atoms with Crippen LogP contribution in [0.15, 0.2) is 78.9 Å². The van der Waals surface area contributed by atoms with Crippen molar-refractivity contribution in [1.29, 1.82) is 0 Å². The number of aryl methyl sites for hydroxylation is 1. The molecule has 5 N–H and O–H groups in total. The summed E-state index contributed by atoms with van der Waals surface area (Å²) in [6.45, 7) is 2.36. The maximum atomic E-state index is 13.8. The normalized spacial score (nSPS) is 12.2. The molecule has 248 valence electrons. The summed E-state index contributed by atoms with van der Waals surface area (Å²) in [5.41, 5.74) is 3.06. The second kappa shape index (κ2) is 20.7. The molecule has 0 aliphatic heterocycles. The van der Waals surface area contributed by atoms with Crippen molar-refractivity contribution in [2.75, 3.05) is 19.8 Å². The third kappa shape index (κ3) is 13.0. The summed E-state index contributed by atoms with van der Waals surface area (Å²) in [5.74, 6) is -0.691. The number of benzene rings is 3. The third-order valence-electron chi connectivity index (χ3n) is 7.35. The van der Waals surface area contributed by atoms with E-state index >= 15 is 0 Å². The van der Waals surface area contributed by atoms with Gasteiger partial charge in [0.2, 0.25) is 17.7 Å². The van der Waals surface area contributed by atoms with Crippen LogP contribution in [0.1, 0.15) is 54.9 Å². The monoisotopic (exact) mass is 635 g/mol. The van der Waals surface area contributed by atoms with E-state index in [1.807, 2.05) is 60.7 Å². The Hall–Kier alpha value is -4.29. The molecule has 0 saturated heterocycles. The van der Waals surface area contributed by atoms with Crippen LogP contribution in [-0.2, 0) is 50.0 Å². The van der Waals surface area contributed by atoms with E-state index in [1.165, 1.54) is 0 Å². The molecule has 0 aromatic heterocycles. The van der Waals surface area contributed by atoms with E-state index < -0.39 is 18.0 Å². The standard InChI is InChI=1S/C35H45N3O8/c1-2-3-10-19-36-34(40)30(24-28-15-17-32(44-20-21-45-42)29(22-28)25-46-43)38-35(41)31(23-27-13-8-5-9-14-27)37-33(39)18-16-26-11-6-4-7-12-26/h4-9,11-15,17,22,30-31,42-43H,2-3,10,16,18-21,23-25H2,1H3,(H,36,40)(H,37,39)(H,38,41). The molecule has 0 saturated carbocycles. The van der Waals surface area contributed by atoms with Gasteiger partial charge in [-0.15, -0.1) is 0 Å². The average molecular weight is 636 g/mol. The van der Waals surface area contributed by atoms with Gasteiger partial charge in [-0.1, -0.05) is 86.5 Å². The molecule has 46 heavy (non-hydrogen) atoms. The zero-order valence-electron chi connectivity index (χ0n) is 26.3. The van der Waals surface area contributed by atoms with Crippen molar-refractivity contribution in [2.24, 2.45) is 0 Å². The van der Waals surface area contributed by atoms with Crippen LogP contribution in [0.4, 0.5) is 0 Å². The highest BCUT2D eigenvalue weighted by Crippen LogP contribution is 2.22. The molecular formula is C35H45N3O8. The Balaban J connectivity index is 1.79. The van der Waals surface area contributed by atoms with Gasteiger partial charge in [0, 0.05) is 31.4 Å². The number of carbonyl (C=O) groups is 3. The first-order chi connectivity index (χ1) is 22.4. The SMILES string of the molecule is CCCCCNC(=O)C(Cc1ccc(OCCOO)c(COO)c1)NC(=O)C(Cc1ccccc1)NC(=O)CCc1ccccc1. The molecule has 0 aliphatic rings. The zero-order valence-corrected chi connectivity index (χ0v) is 26.3. The fraction of sp³-hybridized carbons (Fsp3) is 0.400. The van der Waals surface area contributed by atoms with Gasteiger partial charge in [0.05, 0.1) is 0 Å². The molecule has 0 radical (unpaired) electrons. The Labute approximate surface area is 270 Å². The molecule has 3 amide bonds. The number of hydrogen-bond donors (Lipinski definition) is 5. The molecule has 11 heteroatoms. The van der Waals surface area contributed by atoms with E-state index in [0.717, 1.165) is 30.4 Å². The number of carbonyl (C=O) groups excluding carboxylic acids is 3. The highest BCUT2D eigenvalue weighted by molar-refractivity contribution is 5.92. The number of hydrogen-bond acceptors (Lipinski definition) is 8. The molecule has 0 fully saturated rings. The first-order valence-electron chi connectivity index (χ1n) is 15.7. The van der Waals surface area contributed by atoms with Crippen LogP contribution < -0.4 is 20.7 Å². The number of unbranched alkanes of at least 4 members (excludes halogenated alkanes) is 2. The number of rotatable bonds is 21. The largest absolute Gasteiger partial charge is 0.491 e. The first kappa shape index (κ1) is 36.2. The number of ether oxygens (including phenoxy) is 1. The Bertz CT molecular complexity index is 1340. The average Bonchev–Trinajstić information content (AvgIpc) is 3.07. The van der Waals surface area contributed by atoms with Gasteiger partial charge in [-0.05, 0) is 41.7 Å². The molecule has 11 nitrogen and oxygen atoms in total. The summed E-state index contributed by atoms with van der Waals surface area (Å²) in [6, 6.07) is 22.3. The van der Waals surface area contributed by atoms with E-state index in [1.54, 1.807) is 18.2 Å². The first-order valence-corrected chi connectivity index (χ1v) is 15.7. The van der Waals surface area contributed by atoms with Crippen LogP contribution in [0.2, 0.25) is 0 Å². The Morgan fingerprint density at radius 2 is 1.41 bits per heavy atom. The number of amides is 3. The summed E-state index contributed by atoms with van der Waals surface area (Å²) in [5, 5.41) is 26.4. The minimum absolute atomic E-state index is 0.0551. The Morgan fingerprint density at radius 3 is 2.09 bits per heavy atom. The maximum Gasteiger partial charge on any atom is 0.243 e. The summed E-state index contributed by atoms with van der Waals surface area (Å²) in [4.78, 5) is 48.6. The lowest BCUT2D eigenvalue weighted by Crippen LogP contribution is -2.55. The molecule has 0 heterocycles. The molecule has 0 aliphatic carbocycles. The molecule has 2 unspecified atom stereocenters. The van der Waals surface area contributed by atoms with Gasteiger partial charge in [0.25, 0.3) is 0 Å². The second-order valence-electron chi connectivity index (χ2n) is 11.0. The van der Waals surface area contributed by atoms with E-state index in [9.17, 15) is 14.4 Å². The quantitative estimate of drug-likeness (QED) is 0.0662. The fourth-order valence-electron chi connectivity index (χ4n) is 4.93. The summed E-state index contributed by atoms with van der Waals surface area (Å²) in [7, 11) is 0. The lowest BCUT2D eigenvalue weighted by atomic mass is 10.0. The van der Waals surface area contributed by atoms with Gasteiger partial charge in [-0.2, -0.15) is 0 Å². The molecule has 2 atom stereocenters. The van der Waals surface area contributed by atoms with Crippen molar-refractivity contribution < 1.29 is 39.4 Å². The van der Waals surface area contributed by atoms with E-state index in [4.69, 9.17) is 15.3 Å². The molecule has 3 aromatic rings. The van der Waals surface area contributed by atoms with Crippen molar-refractivity contribution in [2.45, 2.75) is 70.6 Å². The van der Waals surface area contributed by atoms with Gasteiger partial charge >= 0.3 is 0 Å². The van der Waals surface area contributed by atoms with E-state index in [0.29, 0.717) is 29.8 Å². The molecule has 0 bridgehead atoms. The summed E-state index contributed by atoms with van der Waals surface area (Å²) >= 11 is 0. The van der Waals surface area contributed by atoms with Crippen LogP contribution in [0.5, 0.6) is 5.75 Å². The Morgan fingerprint density at radius 1 is 0.739 bits per heavy atom. The van der Waals surface area contributed by atoms with Crippen LogP contribution in [0.3, 0.4) is 0 Å². The predicted molar refractivity (Wildman–Crippen MR) is 173 cm³/mol. The molecular weight excluding hydrogens is 590 g/mol. The lowest BCUT2D eigenvalue weighted by Gasteiger charge is -2.24. The van der Waals surface area contributed by atoms with Gasteiger partial charge < -0.3 is 20.7 Å². The predicted octanol–water partition coefficient (Wildman–Crippen LogP) is 4.24. The van der Waals surface area contributed by atoms with Crippen molar-refractivity contribution in [1.82, 2.24) is 16.0 Å². The third-order valence-corrected chi connectivity index (χ3v) is 7.35. The van der Waals surface area contributed by atoms with Gasteiger partial charge in [-0.3, -0.25) is 24.9 Å². The van der Waals surface area contributed by atoms with Gasteiger partial charge in [0.1, 0.15) is 37.7 Å².